The SMILES string of the molecule is CC(SC1CCCC1CCc1cc(C(C)(C)C)cc(C(C)(C)C)c1)C(=O)O. The van der Waals surface area contributed by atoms with Crippen molar-refractivity contribution in [3.63, 3.8) is 0 Å². The van der Waals surface area contributed by atoms with E-state index in [-0.39, 0.29) is 16.1 Å². The van der Waals surface area contributed by atoms with E-state index in [1.807, 2.05) is 6.92 Å². The van der Waals surface area contributed by atoms with Gasteiger partial charge in [-0.1, -0.05) is 66.2 Å². The summed E-state index contributed by atoms with van der Waals surface area (Å²) >= 11 is 1.67. The van der Waals surface area contributed by atoms with Gasteiger partial charge in [0, 0.05) is 5.25 Å². The predicted molar refractivity (Wildman–Crippen MR) is 118 cm³/mol. The van der Waals surface area contributed by atoms with E-state index in [2.05, 4.69) is 59.7 Å². The largest absolute Gasteiger partial charge is 0.480 e. The maximum absolute atomic E-state index is 11.2. The number of rotatable bonds is 6. The van der Waals surface area contributed by atoms with Crippen LogP contribution in [0.1, 0.15) is 90.8 Å². The van der Waals surface area contributed by atoms with Crippen LogP contribution in [0, 0.1) is 5.92 Å². The molecule has 1 aromatic carbocycles. The molecule has 152 valence electrons. The zero-order valence-corrected chi connectivity index (χ0v) is 19.1. The molecule has 3 unspecified atom stereocenters. The Bertz CT molecular complexity index is 619. The van der Waals surface area contributed by atoms with Crippen molar-refractivity contribution in [1.29, 1.82) is 0 Å². The summed E-state index contributed by atoms with van der Waals surface area (Å²) in [5, 5.41) is 9.43. The summed E-state index contributed by atoms with van der Waals surface area (Å²) in [4.78, 5) is 11.2. The van der Waals surface area contributed by atoms with E-state index in [0.717, 1.165) is 6.42 Å². The van der Waals surface area contributed by atoms with Crippen molar-refractivity contribution < 1.29 is 9.90 Å². The fraction of sp³-hybridized carbons (Fsp3) is 0.708. The van der Waals surface area contributed by atoms with E-state index in [1.165, 1.54) is 42.4 Å². The maximum atomic E-state index is 11.2. The van der Waals surface area contributed by atoms with Crippen LogP contribution in [0.25, 0.3) is 0 Å². The fourth-order valence-electron chi connectivity index (χ4n) is 3.89. The van der Waals surface area contributed by atoms with Crippen LogP contribution in [-0.2, 0) is 22.0 Å². The number of carboxylic acid groups (broad SMARTS) is 1. The van der Waals surface area contributed by atoms with E-state index in [4.69, 9.17) is 0 Å². The summed E-state index contributed by atoms with van der Waals surface area (Å²) in [7, 11) is 0. The molecular weight excluding hydrogens is 352 g/mol. The van der Waals surface area contributed by atoms with Crippen LogP contribution in [0.3, 0.4) is 0 Å². The van der Waals surface area contributed by atoms with Crippen molar-refractivity contribution >= 4 is 17.7 Å². The van der Waals surface area contributed by atoms with Crippen molar-refractivity contribution in [2.24, 2.45) is 5.92 Å². The third-order valence-corrected chi connectivity index (χ3v) is 7.42. The molecule has 0 amide bonds. The van der Waals surface area contributed by atoms with E-state index in [0.29, 0.717) is 11.2 Å². The third kappa shape index (κ3) is 6.27. The second-order valence-corrected chi connectivity index (χ2v) is 11.9. The van der Waals surface area contributed by atoms with Gasteiger partial charge in [-0.05, 0) is 66.0 Å². The Labute approximate surface area is 170 Å². The summed E-state index contributed by atoms with van der Waals surface area (Å²) in [5.74, 6) is -0.0356. The first-order valence-corrected chi connectivity index (χ1v) is 11.4. The maximum Gasteiger partial charge on any atom is 0.316 e. The molecule has 0 aliphatic heterocycles. The van der Waals surface area contributed by atoms with Gasteiger partial charge in [0.25, 0.3) is 0 Å². The van der Waals surface area contributed by atoms with Crippen LogP contribution in [-0.4, -0.2) is 21.6 Å². The highest BCUT2D eigenvalue weighted by molar-refractivity contribution is 8.01. The lowest BCUT2D eigenvalue weighted by Crippen LogP contribution is -2.20. The first-order chi connectivity index (χ1) is 12.4. The van der Waals surface area contributed by atoms with Crippen LogP contribution in [0.2, 0.25) is 0 Å². The van der Waals surface area contributed by atoms with Crippen molar-refractivity contribution in [1.82, 2.24) is 0 Å². The standard InChI is InChI=1S/C24H38O2S/c1-16(22(25)26)27-21-10-8-9-18(21)12-11-17-13-19(23(2,3)4)15-20(14-17)24(5,6)7/h13-16,18,21H,8-12H2,1-7H3,(H,25,26). The fourth-order valence-corrected chi connectivity index (χ4v) is 5.32. The first-order valence-electron chi connectivity index (χ1n) is 10.4. The van der Waals surface area contributed by atoms with Gasteiger partial charge in [0.1, 0.15) is 0 Å². The number of hydrogen-bond acceptors (Lipinski definition) is 2. The Hall–Kier alpha value is -0.960. The van der Waals surface area contributed by atoms with Crippen molar-refractivity contribution in [2.75, 3.05) is 0 Å². The monoisotopic (exact) mass is 390 g/mol. The molecule has 1 aromatic rings. The molecule has 0 radical (unpaired) electrons. The van der Waals surface area contributed by atoms with Gasteiger partial charge in [-0.3, -0.25) is 4.79 Å². The van der Waals surface area contributed by atoms with Crippen LogP contribution in [0.15, 0.2) is 18.2 Å². The van der Waals surface area contributed by atoms with Gasteiger partial charge < -0.3 is 5.11 Å². The summed E-state index contributed by atoms with van der Waals surface area (Å²) in [6.07, 6.45) is 5.92. The number of aryl methyl sites for hydroxylation is 1. The van der Waals surface area contributed by atoms with Crippen LogP contribution >= 0.6 is 11.8 Å². The summed E-state index contributed by atoms with van der Waals surface area (Å²) in [5.41, 5.74) is 4.58. The summed E-state index contributed by atoms with van der Waals surface area (Å²) in [6, 6.07) is 7.17. The molecule has 1 aliphatic carbocycles. The van der Waals surface area contributed by atoms with Crippen LogP contribution < -0.4 is 0 Å². The molecule has 1 fully saturated rings. The minimum atomic E-state index is -0.682. The zero-order valence-electron chi connectivity index (χ0n) is 18.3. The molecule has 0 saturated heterocycles. The second kappa shape index (κ2) is 8.59. The smallest absolute Gasteiger partial charge is 0.316 e. The first kappa shape index (κ1) is 22.3. The van der Waals surface area contributed by atoms with Gasteiger partial charge in [-0.15, -0.1) is 11.8 Å². The lowest BCUT2D eigenvalue weighted by molar-refractivity contribution is -0.136. The highest BCUT2D eigenvalue weighted by atomic mass is 32.2. The second-order valence-electron chi connectivity index (χ2n) is 10.3. The molecule has 1 saturated carbocycles. The molecule has 0 heterocycles. The number of aliphatic carboxylic acids is 1. The Morgan fingerprint density at radius 1 is 1.07 bits per heavy atom. The van der Waals surface area contributed by atoms with Crippen molar-refractivity contribution in [3.8, 4) is 0 Å². The molecule has 3 heteroatoms. The van der Waals surface area contributed by atoms with Gasteiger partial charge in [0.05, 0.1) is 5.25 Å². The van der Waals surface area contributed by atoms with E-state index >= 15 is 0 Å². The summed E-state index contributed by atoms with van der Waals surface area (Å²) in [6.45, 7) is 15.5. The van der Waals surface area contributed by atoms with Crippen molar-refractivity contribution in [2.45, 2.75) is 102 Å². The molecule has 0 aromatic heterocycles. The molecule has 2 nitrogen and oxygen atoms in total. The van der Waals surface area contributed by atoms with Gasteiger partial charge >= 0.3 is 5.97 Å². The lowest BCUT2D eigenvalue weighted by Gasteiger charge is -2.27. The Kier molecular flexibility index (Phi) is 7.11. The quantitative estimate of drug-likeness (QED) is 0.595. The number of thioether (sulfide) groups is 1. The molecular formula is C24H38O2S. The summed E-state index contributed by atoms with van der Waals surface area (Å²) < 4.78 is 0. The molecule has 1 N–H and O–H groups in total. The predicted octanol–water partition coefficient (Wildman–Crippen LogP) is 6.59. The minimum absolute atomic E-state index is 0.151. The van der Waals surface area contributed by atoms with Crippen molar-refractivity contribution in [3.05, 3.63) is 34.9 Å². The van der Waals surface area contributed by atoms with Crippen LogP contribution in [0.5, 0.6) is 0 Å². The number of hydrogen-bond donors (Lipinski definition) is 1. The lowest BCUT2D eigenvalue weighted by atomic mass is 9.79. The highest BCUT2D eigenvalue weighted by Crippen LogP contribution is 2.40. The van der Waals surface area contributed by atoms with E-state index in [1.54, 1.807) is 11.8 Å². The molecule has 2 rings (SSSR count). The molecule has 1 aliphatic rings. The zero-order chi connectivity index (χ0) is 20.4. The Morgan fingerprint density at radius 3 is 2.11 bits per heavy atom. The Balaban J connectivity index is 2.13. The van der Waals surface area contributed by atoms with E-state index in [9.17, 15) is 9.90 Å². The number of benzene rings is 1. The molecule has 0 spiro atoms. The average molecular weight is 391 g/mol. The van der Waals surface area contributed by atoms with Gasteiger partial charge in [-0.25, -0.2) is 0 Å². The number of carbonyl (C=O) groups is 1. The van der Waals surface area contributed by atoms with Gasteiger partial charge in [-0.2, -0.15) is 0 Å². The minimum Gasteiger partial charge on any atom is -0.480 e. The van der Waals surface area contributed by atoms with Crippen LogP contribution in [0.4, 0.5) is 0 Å². The normalized spacial score (nSPS) is 22.0. The Morgan fingerprint density at radius 2 is 1.63 bits per heavy atom. The topological polar surface area (TPSA) is 37.3 Å². The van der Waals surface area contributed by atoms with E-state index < -0.39 is 5.97 Å². The van der Waals surface area contributed by atoms with Gasteiger partial charge in [0.2, 0.25) is 0 Å². The average Bonchev–Trinajstić information content (AvgIpc) is 2.98. The van der Waals surface area contributed by atoms with Gasteiger partial charge in [0.15, 0.2) is 0 Å². The molecule has 3 atom stereocenters. The third-order valence-electron chi connectivity index (χ3n) is 5.84. The highest BCUT2D eigenvalue weighted by Gasteiger charge is 2.30. The number of carboxylic acids is 1. The molecule has 0 bridgehead atoms. The molecule has 27 heavy (non-hydrogen) atoms.